The van der Waals surface area contributed by atoms with Crippen molar-refractivity contribution in [3.8, 4) is 6.07 Å². The molecule has 0 rings (SSSR count). The lowest BCUT2D eigenvalue weighted by atomic mass is 10.4. The van der Waals surface area contributed by atoms with Crippen LogP contribution in [-0.4, -0.2) is 6.29 Å². The van der Waals surface area contributed by atoms with Crippen molar-refractivity contribution in [2.24, 2.45) is 0 Å². The van der Waals surface area contributed by atoms with E-state index in [0.717, 1.165) is 12.7 Å². The summed E-state index contributed by atoms with van der Waals surface area (Å²) in [6.07, 6.45) is 2.61. The zero-order valence-corrected chi connectivity index (χ0v) is 5.35. The largest absolute Gasteiger partial charge is 0.303 e. The highest BCUT2D eigenvalue weighted by Crippen LogP contribution is 1.74. The summed E-state index contributed by atoms with van der Waals surface area (Å²) in [6.45, 7) is 3.41. The Hall–Kier alpha value is -0.840. The van der Waals surface area contributed by atoms with Crippen LogP contribution in [-0.2, 0) is 4.79 Å². The van der Waals surface area contributed by atoms with Crippen LogP contribution in [0.4, 0.5) is 0 Å². The van der Waals surface area contributed by atoms with Crippen LogP contribution < -0.4 is 0 Å². The van der Waals surface area contributed by atoms with Crippen LogP contribution in [0.1, 0.15) is 26.7 Å². The number of nitrogens with zero attached hydrogens (tertiary/aromatic N) is 1. The van der Waals surface area contributed by atoms with Crippen molar-refractivity contribution in [1.29, 1.82) is 5.26 Å². The lowest BCUT2D eigenvalue weighted by Gasteiger charge is -1.68. The Bertz CT molecular complexity index is 73.1. The third-order valence-corrected chi connectivity index (χ3v) is 0.407. The lowest BCUT2D eigenvalue weighted by Crippen LogP contribution is -1.64. The zero-order valence-electron chi connectivity index (χ0n) is 5.35. The zero-order chi connectivity index (χ0) is 6.83. The fraction of sp³-hybridized carbons (Fsp3) is 0.667. The molecule has 8 heavy (non-hydrogen) atoms. The Morgan fingerprint density at radius 3 is 2.12 bits per heavy atom. The first kappa shape index (κ1) is 10.2. The van der Waals surface area contributed by atoms with Crippen molar-refractivity contribution in [1.82, 2.24) is 0 Å². The molecule has 0 unspecified atom stereocenters. The third-order valence-electron chi connectivity index (χ3n) is 0.407. The molecule has 0 radical (unpaired) electrons. The lowest BCUT2D eigenvalue weighted by molar-refractivity contribution is -0.107. The molecule has 2 nitrogen and oxygen atoms in total. The van der Waals surface area contributed by atoms with Crippen molar-refractivity contribution < 1.29 is 4.79 Å². The van der Waals surface area contributed by atoms with Gasteiger partial charge in [-0.3, -0.25) is 0 Å². The van der Waals surface area contributed by atoms with Gasteiger partial charge in [-0.25, -0.2) is 0 Å². The van der Waals surface area contributed by atoms with Gasteiger partial charge in [-0.1, -0.05) is 6.92 Å². The first-order chi connectivity index (χ1) is 3.83. The van der Waals surface area contributed by atoms with Crippen LogP contribution in [0.15, 0.2) is 0 Å². The molecule has 0 aromatic rings. The number of hydrogen-bond donors (Lipinski definition) is 0. The van der Waals surface area contributed by atoms with Crippen LogP contribution in [0.5, 0.6) is 0 Å². The minimum atomic E-state index is 0.708. The van der Waals surface area contributed by atoms with Crippen molar-refractivity contribution in [3.05, 3.63) is 0 Å². The molecule has 0 amide bonds. The van der Waals surface area contributed by atoms with Crippen LogP contribution in [0.25, 0.3) is 0 Å². The predicted molar refractivity (Wildman–Crippen MR) is 32.3 cm³/mol. The Labute approximate surface area is 50.1 Å². The first-order valence-electron chi connectivity index (χ1n) is 2.57. The predicted octanol–water partition coefficient (Wildman–Crippen LogP) is 1.52. The smallest absolute Gasteiger partial charge is 0.119 e. The van der Waals surface area contributed by atoms with E-state index in [1.54, 1.807) is 6.07 Å². The van der Waals surface area contributed by atoms with Crippen LogP contribution in [0.3, 0.4) is 0 Å². The SMILES string of the molecule is CC#N.CCCC=O. The van der Waals surface area contributed by atoms with E-state index in [2.05, 4.69) is 0 Å². The van der Waals surface area contributed by atoms with Crippen molar-refractivity contribution in [2.45, 2.75) is 26.7 Å². The summed E-state index contributed by atoms with van der Waals surface area (Å²) in [5.41, 5.74) is 0. The fourth-order valence-corrected chi connectivity index (χ4v) is 0.118. The highest BCUT2D eigenvalue weighted by molar-refractivity contribution is 5.48. The Kier molecular flexibility index (Phi) is 21.0. The van der Waals surface area contributed by atoms with Crippen LogP contribution in [0, 0.1) is 11.3 Å². The summed E-state index contributed by atoms with van der Waals surface area (Å²) >= 11 is 0. The molecule has 0 heterocycles. The molecule has 0 aliphatic rings. The van der Waals surface area contributed by atoms with Gasteiger partial charge in [0.15, 0.2) is 0 Å². The van der Waals surface area contributed by atoms with Gasteiger partial charge in [0.2, 0.25) is 0 Å². The Balaban J connectivity index is 0. The monoisotopic (exact) mass is 113 g/mol. The summed E-state index contributed by atoms with van der Waals surface area (Å²) in [7, 11) is 0. The maximum Gasteiger partial charge on any atom is 0.119 e. The fourth-order valence-electron chi connectivity index (χ4n) is 0.118. The van der Waals surface area contributed by atoms with Gasteiger partial charge in [0.1, 0.15) is 6.29 Å². The summed E-state index contributed by atoms with van der Waals surface area (Å²) in [5.74, 6) is 0. The summed E-state index contributed by atoms with van der Waals surface area (Å²) in [6, 6.07) is 1.75. The van der Waals surface area contributed by atoms with Gasteiger partial charge in [-0.15, -0.1) is 0 Å². The van der Waals surface area contributed by atoms with Gasteiger partial charge in [0.05, 0.1) is 6.07 Å². The molecule has 0 saturated carbocycles. The minimum Gasteiger partial charge on any atom is -0.303 e. The van der Waals surface area contributed by atoms with Crippen LogP contribution >= 0.6 is 0 Å². The standard InChI is InChI=1S/C4H8O.C2H3N/c1-2-3-4-5;1-2-3/h4H,2-3H2,1H3;1H3. The molecule has 0 bridgehead atoms. The number of rotatable bonds is 2. The quantitative estimate of drug-likeness (QED) is 0.509. The number of nitriles is 1. The Morgan fingerprint density at radius 2 is 2.12 bits per heavy atom. The average Bonchev–Trinajstić information content (AvgIpc) is 1.71. The molecular weight excluding hydrogens is 102 g/mol. The molecule has 0 aliphatic heterocycles. The molecule has 0 atom stereocenters. The number of unbranched alkanes of at least 4 members (excludes halogenated alkanes) is 1. The molecule has 0 fully saturated rings. The van der Waals surface area contributed by atoms with Gasteiger partial charge in [0, 0.05) is 13.3 Å². The van der Waals surface area contributed by atoms with E-state index in [0.29, 0.717) is 6.42 Å². The van der Waals surface area contributed by atoms with Gasteiger partial charge < -0.3 is 4.79 Å². The second-order valence-corrected chi connectivity index (χ2v) is 1.18. The molecule has 0 saturated heterocycles. The van der Waals surface area contributed by atoms with Crippen molar-refractivity contribution >= 4 is 6.29 Å². The highest BCUT2D eigenvalue weighted by Gasteiger charge is 1.66. The van der Waals surface area contributed by atoms with E-state index in [9.17, 15) is 4.79 Å². The topological polar surface area (TPSA) is 40.9 Å². The van der Waals surface area contributed by atoms with Crippen molar-refractivity contribution in [2.75, 3.05) is 0 Å². The maximum atomic E-state index is 9.40. The summed E-state index contributed by atoms with van der Waals surface area (Å²) < 4.78 is 0. The van der Waals surface area contributed by atoms with Gasteiger partial charge in [0.25, 0.3) is 0 Å². The molecule has 0 aromatic carbocycles. The second kappa shape index (κ2) is 16.4. The van der Waals surface area contributed by atoms with E-state index >= 15 is 0 Å². The maximum absolute atomic E-state index is 9.40. The summed E-state index contributed by atoms with van der Waals surface area (Å²) in [4.78, 5) is 9.40. The normalized spacial score (nSPS) is 5.62. The summed E-state index contributed by atoms with van der Waals surface area (Å²) in [5, 5.41) is 7.32. The van der Waals surface area contributed by atoms with Gasteiger partial charge in [-0.05, 0) is 6.42 Å². The van der Waals surface area contributed by atoms with E-state index in [1.807, 2.05) is 6.92 Å². The Morgan fingerprint density at radius 1 is 1.75 bits per heavy atom. The van der Waals surface area contributed by atoms with Gasteiger partial charge in [-0.2, -0.15) is 5.26 Å². The van der Waals surface area contributed by atoms with Gasteiger partial charge >= 0.3 is 0 Å². The van der Waals surface area contributed by atoms with E-state index < -0.39 is 0 Å². The molecule has 0 aliphatic carbocycles. The van der Waals surface area contributed by atoms with E-state index in [1.165, 1.54) is 6.92 Å². The number of aldehydes is 1. The minimum absolute atomic E-state index is 0.708. The second-order valence-electron chi connectivity index (χ2n) is 1.18. The average molecular weight is 113 g/mol. The molecule has 0 N–H and O–H groups in total. The number of hydrogen-bond acceptors (Lipinski definition) is 2. The molecule has 0 aromatic heterocycles. The van der Waals surface area contributed by atoms with E-state index in [-0.39, 0.29) is 0 Å². The van der Waals surface area contributed by atoms with Crippen molar-refractivity contribution in [3.63, 3.8) is 0 Å². The molecule has 0 spiro atoms. The van der Waals surface area contributed by atoms with Crippen LogP contribution in [0.2, 0.25) is 0 Å². The molecular formula is C6H11NO. The molecule has 2 heteroatoms. The third kappa shape index (κ3) is 66.4. The molecule has 46 valence electrons. The highest BCUT2D eigenvalue weighted by atomic mass is 16.1. The number of carbonyl (C=O) groups excluding carboxylic acids is 1. The van der Waals surface area contributed by atoms with E-state index in [4.69, 9.17) is 5.26 Å². The first-order valence-corrected chi connectivity index (χ1v) is 2.57. The number of carbonyl (C=O) groups is 1.